The van der Waals surface area contributed by atoms with Gasteiger partial charge in [0, 0.05) is 22.7 Å². The van der Waals surface area contributed by atoms with E-state index in [0.717, 1.165) is 6.08 Å². The van der Waals surface area contributed by atoms with Crippen LogP contribution in [0.25, 0.3) is 6.08 Å². The average Bonchev–Trinajstić information content (AvgIpc) is 2.96. The van der Waals surface area contributed by atoms with E-state index in [1.807, 2.05) is 0 Å². The number of hydrogen-bond donors (Lipinski definition) is 2. The number of hydrogen-bond acceptors (Lipinski definition) is 4. The van der Waals surface area contributed by atoms with Crippen molar-refractivity contribution in [1.82, 2.24) is 10.5 Å². The first-order chi connectivity index (χ1) is 10.1. The lowest BCUT2D eigenvalue weighted by Gasteiger charge is -2.05. The van der Waals surface area contributed by atoms with Gasteiger partial charge in [-0.1, -0.05) is 22.8 Å². The van der Waals surface area contributed by atoms with Gasteiger partial charge in [-0.05, 0) is 23.8 Å². The molecule has 0 aliphatic rings. The van der Waals surface area contributed by atoms with Gasteiger partial charge in [-0.15, -0.1) is 0 Å². The van der Waals surface area contributed by atoms with Gasteiger partial charge < -0.3 is 14.9 Å². The molecule has 2 rings (SSSR count). The number of carboxylic acids is 1. The molecule has 2 aromatic rings. The molecule has 0 bridgehead atoms. The molecule has 1 amide bonds. The normalized spacial score (nSPS) is 10.7. The number of amides is 1. The molecule has 0 aliphatic carbocycles. The zero-order chi connectivity index (χ0) is 15.2. The fourth-order valence-electron chi connectivity index (χ4n) is 1.57. The van der Waals surface area contributed by atoms with Gasteiger partial charge in [-0.25, -0.2) is 4.79 Å². The monoisotopic (exact) mass is 306 g/mol. The molecule has 0 atom stereocenters. The maximum atomic E-state index is 11.9. The van der Waals surface area contributed by atoms with Gasteiger partial charge in [0.25, 0.3) is 5.91 Å². The fourth-order valence-corrected chi connectivity index (χ4v) is 1.81. The highest BCUT2D eigenvalue weighted by Crippen LogP contribution is 2.19. The molecule has 1 aromatic heterocycles. The van der Waals surface area contributed by atoms with Crippen molar-refractivity contribution in [1.29, 1.82) is 0 Å². The summed E-state index contributed by atoms with van der Waals surface area (Å²) >= 11 is 6.01. The molecular weight excluding hydrogens is 296 g/mol. The smallest absolute Gasteiger partial charge is 0.328 e. The van der Waals surface area contributed by atoms with Crippen LogP contribution < -0.4 is 5.32 Å². The summed E-state index contributed by atoms with van der Waals surface area (Å²) in [7, 11) is 0. The Hall–Kier alpha value is -2.60. The predicted octanol–water partition coefficient (Wildman–Crippen LogP) is 2.36. The number of rotatable bonds is 5. The van der Waals surface area contributed by atoms with E-state index >= 15 is 0 Å². The Balaban J connectivity index is 2.05. The summed E-state index contributed by atoms with van der Waals surface area (Å²) in [4.78, 5) is 22.4. The van der Waals surface area contributed by atoms with E-state index in [4.69, 9.17) is 16.7 Å². The molecule has 0 saturated heterocycles. The SMILES string of the molecule is O=C(O)/C=C/c1ccc(C(=O)NCc2ccon2)cc1Cl. The van der Waals surface area contributed by atoms with Crippen molar-refractivity contribution in [2.75, 3.05) is 0 Å². The van der Waals surface area contributed by atoms with E-state index in [2.05, 4.69) is 15.0 Å². The summed E-state index contributed by atoms with van der Waals surface area (Å²) in [6.07, 6.45) is 3.76. The van der Waals surface area contributed by atoms with Crippen molar-refractivity contribution in [2.45, 2.75) is 6.54 Å². The molecule has 0 saturated carbocycles. The Kier molecular flexibility index (Phi) is 4.73. The Bertz CT molecular complexity index is 680. The lowest BCUT2D eigenvalue weighted by molar-refractivity contribution is -0.131. The first kappa shape index (κ1) is 14.8. The Morgan fingerprint density at radius 3 is 2.81 bits per heavy atom. The van der Waals surface area contributed by atoms with Crippen LogP contribution in [0.2, 0.25) is 5.02 Å². The minimum absolute atomic E-state index is 0.244. The van der Waals surface area contributed by atoms with Crippen LogP contribution in [0.1, 0.15) is 21.6 Å². The van der Waals surface area contributed by atoms with Crippen molar-refractivity contribution < 1.29 is 19.2 Å². The largest absolute Gasteiger partial charge is 0.478 e. The summed E-state index contributed by atoms with van der Waals surface area (Å²) in [6, 6.07) is 6.26. The van der Waals surface area contributed by atoms with Crippen molar-refractivity contribution in [3.05, 3.63) is 58.4 Å². The van der Waals surface area contributed by atoms with E-state index in [1.165, 1.54) is 18.4 Å². The molecule has 7 heteroatoms. The third kappa shape index (κ3) is 4.19. The summed E-state index contributed by atoms with van der Waals surface area (Å²) in [6.45, 7) is 0.244. The Morgan fingerprint density at radius 2 is 2.19 bits per heavy atom. The molecule has 6 nitrogen and oxygen atoms in total. The van der Waals surface area contributed by atoms with Crippen LogP contribution in [-0.4, -0.2) is 22.1 Å². The van der Waals surface area contributed by atoms with Crippen LogP contribution in [0, 0.1) is 0 Å². The third-order valence-corrected chi connectivity index (χ3v) is 2.92. The zero-order valence-corrected chi connectivity index (χ0v) is 11.5. The summed E-state index contributed by atoms with van der Waals surface area (Å²) < 4.78 is 4.66. The molecule has 21 heavy (non-hydrogen) atoms. The molecule has 1 aromatic carbocycles. The second-order valence-electron chi connectivity index (χ2n) is 4.08. The maximum absolute atomic E-state index is 11.9. The van der Waals surface area contributed by atoms with Crippen molar-refractivity contribution in [2.24, 2.45) is 0 Å². The molecule has 0 fully saturated rings. The molecule has 2 N–H and O–H groups in total. The highest BCUT2D eigenvalue weighted by Gasteiger charge is 2.08. The van der Waals surface area contributed by atoms with Gasteiger partial charge >= 0.3 is 5.97 Å². The van der Waals surface area contributed by atoms with Crippen LogP contribution in [0.3, 0.4) is 0 Å². The zero-order valence-electron chi connectivity index (χ0n) is 10.7. The molecule has 0 spiro atoms. The standard InChI is InChI=1S/C14H11ClN2O4/c15-12-7-10(2-1-9(12)3-4-13(18)19)14(20)16-8-11-5-6-21-17-11/h1-7H,8H2,(H,16,20)(H,18,19)/b4-3+. The number of carbonyl (C=O) groups excluding carboxylic acids is 1. The van der Waals surface area contributed by atoms with Crippen LogP contribution in [0.4, 0.5) is 0 Å². The number of carbonyl (C=O) groups is 2. The quantitative estimate of drug-likeness (QED) is 0.827. The number of nitrogens with one attached hydrogen (secondary N) is 1. The minimum Gasteiger partial charge on any atom is -0.478 e. The number of halogens is 1. The van der Waals surface area contributed by atoms with Gasteiger partial charge in [0.05, 0.1) is 6.54 Å². The van der Waals surface area contributed by atoms with Crippen molar-refractivity contribution in [3.8, 4) is 0 Å². The highest BCUT2D eigenvalue weighted by molar-refractivity contribution is 6.32. The van der Waals surface area contributed by atoms with Crippen molar-refractivity contribution in [3.63, 3.8) is 0 Å². The first-order valence-corrected chi connectivity index (χ1v) is 6.32. The topological polar surface area (TPSA) is 92.4 Å². The Morgan fingerprint density at radius 1 is 1.38 bits per heavy atom. The van der Waals surface area contributed by atoms with E-state index in [1.54, 1.807) is 18.2 Å². The Labute approximate surface area is 125 Å². The molecule has 108 valence electrons. The van der Waals surface area contributed by atoms with Crippen LogP contribution in [-0.2, 0) is 11.3 Å². The van der Waals surface area contributed by atoms with Gasteiger partial charge in [-0.3, -0.25) is 4.79 Å². The van der Waals surface area contributed by atoms with Crippen LogP contribution >= 0.6 is 11.6 Å². The van der Waals surface area contributed by atoms with E-state index in [-0.39, 0.29) is 12.5 Å². The lowest BCUT2D eigenvalue weighted by Crippen LogP contribution is -2.22. The first-order valence-electron chi connectivity index (χ1n) is 5.94. The number of aliphatic carboxylic acids is 1. The maximum Gasteiger partial charge on any atom is 0.328 e. The van der Waals surface area contributed by atoms with E-state index < -0.39 is 5.97 Å². The molecule has 0 aliphatic heterocycles. The van der Waals surface area contributed by atoms with Gasteiger partial charge in [0.15, 0.2) is 0 Å². The summed E-state index contributed by atoms with van der Waals surface area (Å²) in [5, 5.41) is 15.2. The molecule has 1 heterocycles. The van der Waals surface area contributed by atoms with E-state index in [0.29, 0.717) is 21.8 Å². The minimum atomic E-state index is -1.07. The molecular formula is C14H11ClN2O4. The third-order valence-electron chi connectivity index (χ3n) is 2.59. The van der Waals surface area contributed by atoms with Gasteiger partial charge in [0.2, 0.25) is 0 Å². The van der Waals surface area contributed by atoms with Gasteiger partial charge in [0.1, 0.15) is 12.0 Å². The number of aromatic nitrogens is 1. The second-order valence-corrected chi connectivity index (χ2v) is 4.49. The number of carboxylic acid groups (broad SMARTS) is 1. The highest BCUT2D eigenvalue weighted by atomic mass is 35.5. The summed E-state index contributed by atoms with van der Waals surface area (Å²) in [5.41, 5.74) is 1.50. The number of benzene rings is 1. The second kappa shape index (κ2) is 6.71. The lowest BCUT2D eigenvalue weighted by atomic mass is 10.1. The molecule has 0 unspecified atom stereocenters. The van der Waals surface area contributed by atoms with Crippen LogP contribution in [0.15, 0.2) is 41.1 Å². The van der Waals surface area contributed by atoms with E-state index in [9.17, 15) is 9.59 Å². The fraction of sp³-hybridized carbons (Fsp3) is 0.0714. The number of nitrogens with zero attached hydrogens (tertiary/aromatic N) is 1. The predicted molar refractivity (Wildman–Crippen MR) is 75.8 cm³/mol. The van der Waals surface area contributed by atoms with Crippen LogP contribution in [0.5, 0.6) is 0 Å². The average molecular weight is 307 g/mol. The summed E-state index contributed by atoms with van der Waals surface area (Å²) in [5.74, 6) is -1.38. The molecule has 0 radical (unpaired) electrons. The van der Waals surface area contributed by atoms with Crippen molar-refractivity contribution >= 4 is 29.6 Å². The van der Waals surface area contributed by atoms with Gasteiger partial charge in [-0.2, -0.15) is 0 Å².